The average Bonchev–Trinajstić information content (AvgIpc) is 2.59. The average molecular weight is 358 g/mol. The van der Waals surface area contributed by atoms with Crippen molar-refractivity contribution in [2.45, 2.75) is 25.4 Å². The summed E-state index contributed by atoms with van der Waals surface area (Å²) in [6.07, 6.45) is -3.45. The minimum Gasteiger partial charge on any atom is -0.497 e. The van der Waals surface area contributed by atoms with E-state index in [0.717, 1.165) is 5.56 Å². The molecular weight excluding hydrogens is 337 g/mol. The number of carbonyl (C=O) groups excluding carboxylic acids is 2. The molecule has 1 aromatic rings. The van der Waals surface area contributed by atoms with Crippen molar-refractivity contribution in [2.75, 3.05) is 26.7 Å². The fraction of sp³-hybridized carbons (Fsp3) is 0.529. The van der Waals surface area contributed by atoms with Crippen LogP contribution in [0.5, 0.6) is 5.75 Å². The van der Waals surface area contributed by atoms with E-state index in [9.17, 15) is 22.8 Å². The predicted octanol–water partition coefficient (Wildman–Crippen LogP) is 2.15. The third-order valence-electron chi connectivity index (χ3n) is 4.17. The first-order valence-electron chi connectivity index (χ1n) is 8.03. The molecule has 0 saturated carbocycles. The van der Waals surface area contributed by atoms with E-state index < -0.39 is 24.5 Å². The van der Waals surface area contributed by atoms with E-state index >= 15 is 0 Å². The molecular formula is C17H21F3N2O3. The van der Waals surface area contributed by atoms with Gasteiger partial charge in [-0.25, -0.2) is 0 Å². The van der Waals surface area contributed by atoms with Crippen LogP contribution in [0.4, 0.5) is 13.2 Å². The molecule has 1 fully saturated rings. The molecule has 0 aliphatic carbocycles. The van der Waals surface area contributed by atoms with Gasteiger partial charge in [-0.2, -0.15) is 13.2 Å². The van der Waals surface area contributed by atoms with Gasteiger partial charge >= 0.3 is 6.18 Å². The van der Waals surface area contributed by atoms with Gasteiger partial charge in [0.1, 0.15) is 12.3 Å². The summed E-state index contributed by atoms with van der Waals surface area (Å²) >= 11 is 0. The zero-order valence-electron chi connectivity index (χ0n) is 13.9. The summed E-state index contributed by atoms with van der Waals surface area (Å²) in [7, 11) is 1.55. The minimum absolute atomic E-state index is 0.0672. The van der Waals surface area contributed by atoms with E-state index in [1.54, 1.807) is 30.2 Å². The summed E-state index contributed by atoms with van der Waals surface area (Å²) in [4.78, 5) is 25.7. The summed E-state index contributed by atoms with van der Waals surface area (Å²) in [5.41, 5.74) is 0.828. The molecule has 0 spiro atoms. The molecule has 1 heterocycles. The number of ether oxygens (including phenoxy) is 1. The Morgan fingerprint density at radius 2 is 1.96 bits per heavy atom. The van der Waals surface area contributed by atoms with Crippen molar-refractivity contribution in [3.8, 4) is 5.75 Å². The number of nitrogens with zero attached hydrogens (tertiary/aromatic N) is 1. The van der Waals surface area contributed by atoms with Gasteiger partial charge in [0.25, 0.3) is 0 Å². The maximum absolute atomic E-state index is 12.3. The minimum atomic E-state index is -4.41. The van der Waals surface area contributed by atoms with Crippen molar-refractivity contribution >= 4 is 11.8 Å². The van der Waals surface area contributed by atoms with Crippen molar-refractivity contribution < 1.29 is 27.5 Å². The third kappa shape index (κ3) is 5.95. The molecule has 1 aliphatic heterocycles. The van der Waals surface area contributed by atoms with E-state index in [1.807, 2.05) is 11.4 Å². The van der Waals surface area contributed by atoms with Gasteiger partial charge in [-0.05, 0) is 30.5 Å². The molecule has 1 N–H and O–H groups in total. The van der Waals surface area contributed by atoms with E-state index in [1.165, 1.54) is 0 Å². The first-order chi connectivity index (χ1) is 11.8. The summed E-state index contributed by atoms with van der Waals surface area (Å²) in [5.74, 6) is -0.479. The molecule has 0 bridgehead atoms. The van der Waals surface area contributed by atoms with Crippen LogP contribution in [-0.2, 0) is 16.0 Å². The van der Waals surface area contributed by atoms with Crippen molar-refractivity contribution in [1.29, 1.82) is 0 Å². The van der Waals surface area contributed by atoms with Crippen molar-refractivity contribution in [3.63, 3.8) is 0 Å². The van der Waals surface area contributed by atoms with Crippen LogP contribution in [0.15, 0.2) is 24.3 Å². The van der Waals surface area contributed by atoms with Crippen molar-refractivity contribution in [2.24, 2.45) is 5.92 Å². The standard InChI is InChI=1S/C17H21F3N2O3/c1-25-14-4-2-3-12(9-14)10-15(23)22-7-5-13(6-8-22)16(24)21-11-17(18,19)20/h2-4,9,13H,5-8,10-11H2,1H3,(H,21,24). The number of carbonyl (C=O) groups is 2. The lowest BCUT2D eigenvalue weighted by atomic mass is 9.95. The lowest BCUT2D eigenvalue weighted by Gasteiger charge is -2.31. The first-order valence-corrected chi connectivity index (χ1v) is 8.03. The van der Waals surface area contributed by atoms with E-state index in [-0.39, 0.29) is 12.3 Å². The number of hydrogen-bond donors (Lipinski definition) is 1. The van der Waals surface area contributed by atoms with Crippen LogP contribution in [-0.4, -0.2) is 49.6 Å². The van der Waals surface area contributed by atoms with Crippen molar-refractivity contribution in [3.05, 3.63) is 29.8 Å². The molecule has 0 aromatic heterocycles. The monoisotopic (exact) mass is 358 g/mol. The summed E-state index contributed by atoms with van der Waals surface area (Å²) in [5, 5.41) is 1.91. The fourth-order valence-electron chi connectivity index (χ4n) is 2.79. The highest BCUT2D eigenvalue weighted by atomic mass is 19.4. The van der Waals surface area contributed by atoms with Gasteiger partial charge in [0.15, 0.2) is 0 Å². The van der Waals surface area contributed by atoms with Gasteiger partial charge in [0.2, 0.25) is 11.8 Å². The van der Waals surface area contributed by atoms with Crippen LogP contribution in [0.1, 0.15) is 18.4 Å². The normalized spacial score (nSPS) is 15.8. The van der Waals surface area contributed by atoms with Crippen LogP contribution in [0.25, 0.3) is 0 Å². The molecule has 8 heteroatoms. The highest BCUT2D eigenvalue weighted by Crippen LogP contribution is 2.20. The Kier molecular flexibility index (Phi) is 6.27. The van der Waals surface area contributed by atoms with Crippen LogP contribution >= 0.6 is 0 Å². The van der Waals surface area contributed by atoms with Gasteiger partial charge < -0.3 is 15.0 Å². The number of methoxy groups -OCH3 is 1. The Morgan fingerprint density at radius 1 is 1.28 bits per heavy atom. The molecule has 1 aromatic carbocycles. The number of rotatable bonds is 5. The van der Waals surface area contributed by atoms with E-state index in [0.29, 0.717) is 31.7 Å². The second-order valence-corrected chi connectivity index (χ2v) is 6.02. The molecule has 1 saturated heterocycles. The van der Waals surface area contributed by atoms with E-state index in [4.69, 9.17) is 4.74 Å². The van der Waals surface area contributed by atoms with Crippen LogP contribution in [0.2, 0.25) is 0 Å². The summed E-state index contributed by atoms with van der Waals surface area (Å²) in [6.45, 7) is -0.583. The molecule has 0 unspecified atom stereocenters. The zero-order chi connectivity index (χ0) is 18.4. The quantitative estimate of drug-likeness (QED) is 0.878. The Balaban J connectivity index is 1.80. The number of nitrogens with one attached hydrogen (secondary N) is 1. The fourth-order valence-corrected chi connectivity index (χ4v) is 2.79. The molecule has 138 valence electrons. The topological polar surface area (TPSA) is 58.6 Å². The number of amides is 2. The van der Waals surface area contributed by atoms with Gasteiger partial charge in [0.05, 0.1) is 13.5 Å². The predicted molar refractivity (Wildman–Crippen MR) is 85.1 cm³/mol. The summed E-state index contributed by atoms with van der Waals surface area (Å²) in [6, 6.07) is 7.21. The number of benzene rings is 1. The number of alkyl halides is 3. The molecule has 25 heavy (non-hydrogen) atoms. The first kappa shape index (κ1) is 19.1. The highest BCUT2D eigenvalue weighted by molar-refractivity contribution is 5.81. The molecule has 2 amide bonds. The number of hydrogen-bond acceptors (Lipinski definition) is 3. The van der Waals surface area contributed by atoms with Gasteiger partial charge in [0, 0.05) is 19.0 Å². The van der Waals surface area contributed by atoms with Crippen LogP contribution in [0.3, 0.4) is 0 Å². The zero-order valence-corrected chi connectivity index (χ0v) is 13.9. The maximum atomic E-state index is 12.3. The molecule has 0 radical (unpaired) electrons. The van der Waals surface area contributed by atoms with Crippen LogP contribution < -0.4 is 10.1 Å². The molecule has 5 nitrogen and oxygen atoms in total. The lowest BCUT2D eigenvalue weighted by molar-refractivity contribution is -0.142. The molecule has 2 rings (SSSR count). The van der Waals surface area contributed by atoms with Gasteiger partial charge in [-0.15, -0.1) is 0 Å². The maximum Gasteiger partial charge on any atom is 0.405 e. The second kappa shape index (κ2) is 8.22. The largest absolute Gasteiger partial charge is 0.497 e. The highest BCUT2D eigenvalue weighted by Gasteiger charge is 2.31. The lowest BCUT2D eigenvalue weighted by Crippen LogP contribution is -2.45. The number of piperidine rings is 1. The van der Waals surface area contributed by atoms with Crippen LogP contribution in [0, 0.1) is 5.92 Å². The van der Waals surface area contributed by atoms with Gasteiger partial charge in [-0.1, -0.05) is 12.1 Å². The van der Waals surface area contributed by atoms with E-state index in [2.05, 4.69) is 0 Å². The molecule has 0 atom stereocenters. The van der Waals surface area contributed by atoms with Crippen molar-refractivity contribution in [1.82, 2.24) is 10.2 Å². The summed E-state index contributed by atoms with van der Waals surface area (Å²) < 4.78 is 41.5. The molecule has 1 aliphatic rings. The Bertz CT molecular complexity index is 611. The Hall–Kier alpha value is -2.25. The number of likely N-dealkylation sites (tertiary alicyclic amines) is 1. The number of halogens is 3. The second-order valence-electron chi connectivity index (χ2n) is 6.02. The Labute approximate surface area is 144 Å². The smallest absolute Gasteiger partial charge is 0.405 e. The SMILES string of the molecule is COc1cccc(CC(=O)N2CCC(C(=O)NCC(F)(F)F)CC2)c1. The Morgan fingerprint density at radius 3 is 2.56 bits per heavy atom. The third-order valence-corrected chi connectivity index (χ3v) is 4.17. The van der Waals surface area contributed by atoms with Gasteiger partial charge in [-0.3, -0.25) is 9.59 Å².